The molecule has 0 fully saturated rings. The van der Waals surface area contributed by atoms with Gasteiger partial charge in [-0.25, -0.2) is 0 Å². The number of ether oxygens (including phenoxy) is 1. The molecule has 6 heteroatoms. The third kappa shape index (κ3) is 4.34. The van der Waals surface area contributed by atoms with E-state index in [1.807, 2.05) is 0 Å². The fourth-order valence-corrected chi connectivity index (χ4v) is 1.21. The van der Waals surface area contributed by atoms with Crippen molar-refractivity contribution in [2.45, 2.75) is 12.6 Å². The normalized spacial score (nSPS) is 11.1. The number of hydrogen-bond acceptors (Lipinski definition) is 2. The van der Waals surface area contributed by atoms with Crippen LogP contribution in [-0.2, 0) is 11.2 Å². The molecule has 0 bridgehead atoms. The number of amides is 1. The van der Waals surface area contributed by atoms with Gasteiger partial charge in [-0.05, 0) is 24.1 Å². The predicted octanol–water partition coefficient (Wildman–Crippen LogP) is 1.92. The van der Waals surface area contributed by atoms with Crippen LogP contribution in [0.15, 0.2) is 24.3 Å². The van der Waals surface area contributed by atoms with Crippen molar-refractivity contribution in [1.29, 1.82) is 0 Å². The lowest BCUT2D eigenvalue weighted by Gasteiger charge is -2.08. The van der Waals surface area contributed by atoms with Crippen molar-refractivity contribution < 1.29 is 22.7 Å². The smallest absolute Gasteiger partial charge is 0.471 e. The van der Waals surface area contributed by atoms with Crippen LogP contribution < -0.4 is 10.1 Å². The summed E-state index contributed by atoms with van der Waals surface area (Å²) in [5, 5.41) is 1.80. The largest absolute Gasteiger partial charge is 0.497 e. The highest BCUT2D eigenvalue weighted by Gasteiger charge is 2.38. The van der Waals surface area contributed by atoms with Gasteiger partial charge in [0.15, 0.2) is 0 Å². The first-order valence-corrected chi connectivity index (χ1v) is 4.91. The molecule has 0 atom stereocenters. The second-order valence-electron chi connectivity index (χ2n) is 3.35. The standard InChI is InChI=1S/C11H12F3NO2/c1-17-9-4-2-8(3-5-9)6-7-15-10(16)11(12,13)14/h2-5H,6-7H2,1H3,(H,15,16). The maximum Gasteiger partial charge on any atom is 0.471 e. The number of alkyl halides is 3. The summed E-state index contributed by atoms with van der Waals surface area (Å²) in [5.74, 6) is -1.24. The van der Waals surface area contributed by atoms with Crippen LogP contribution in [0.2, 0.25) is 0 Å². The Labute approximate surface area is 96.6 Å². The first-order valence-electron chi connectivity index (χ1n) is 4.91. The van der Waals surface area contributed by atoms with Crippen LogP contribution >= 0.6 is 0 Å². The Morgan fingerprint density at radius 1 is 1.29 bits per heavy atom. The van der Waals surface area contributed by atoms with Crippen LogP contribution in [0.1, 0.15) is 5.56 Å². The molecule has 1 amide bonds. The van der Waals surface area contributed by atoms with E-state index in [0.717, 1.165) is 5.56 Å². The maximum atomic E-state index is 11.8. The summed E-state index contributed by atoms with van der Waals surface area (Å²) in [6.07, 6.45) is -4.48. The Bertz CT molecular complexity index is 373. The molecule has 94 valence electrons. The first kappa shape index (κ1) is 13.3. The maximum absolute atomic E-state index is 11.8. The van der Waals surface area contributed by atoms with Gasteiger partial charge in [-0.1, -0.05) is 12.1 Å². The summed E-state index contributed by atoms with van der Waals surface area (Å²) in [4.78, 5) is 10.5. The Balaban J connectivity index is 2.38. The second kappa shape index (κ2) is 5.56. The Hall–Kier alpha value is -1.72. The summed E-state index contributed by atoms with van der Waals surface area (Å²) in [6, 6.07) is 6.89. The average molecular weight is 247 g/mol. The number of nitrogens with one attached hydrogen (secondary N) is 1. The van der Waals surface area contributed by atoms with Gasteiger partial charge in [0.05, 0.1) is 7.11 Å². The van der Waals surface area contributed by atoms with Crippen LogP contribution in [0.4, 0.5) is 13.2 Å². The fourth-order valence-electron chi connectivity index (χ4n) is 1.21. The number of methoxy groups -OCH3 is 1. The second-order valence-corrected chi connectivity index (χ2v) is 3.35. The van der Waals surface area contributed by atoms with Crippen molar-refractivity contribution in [2.75, 3.05) is 13.7 Å². The highest BCUT2D eigenvalue weighted by atomic mass is 19.4. The number of rotatable bonds is 4. The number of carbonyl (C=O) groups is 1. The Morgan fingerprint density at radius 3 is 2.35 bits per heavy atom. The van der Waals surface area contributed by atoms with E-state index >= 15 is 0 Å². The van der Waals surface area contributed by atoms with E-state index in [1.165, 1.54) is 7.11 Å². The molecular weight excluding hydrogens is 235 g/mol. The molecule has 0 saturated heterocycles. The van der Waals surface area contributed by atoms with Gasteiger partial charge in [0.1, 0.15) is 5.75 Å². The van der Waals surface area contributed by atoms with Crippen LogP contribution in [0.5, 0.6) is 5.75 Å². The zero-order valence-electron chi connectivity index (χ0n) is 9.17. The zero-order valence-corrected chi connectivity index (χ0v) is 9.17. The number of halogens is 3. The van der Waals surface area contributed by atoms with Gasteiger partial charge < -0.3 is 10.1 Å². The topological polar surface area (TPSA) is 38.3 Å². The molecule has 0 aliphatic heterocycles. The molecule has 0 aromatic heterocycles. The first-order chi connectivity index (χ1) is 7.93. The molecule has 0 aliphatic carbocycles. The molecule has 3 nitrogen and oxygen atoms in total. The van der Waals surface area contributed by atoms with Gasteiger partial charge in [0.2, 0.25) is 0 Å². The fraction of sp³-hybridized carbons (Fsp3) is 0.364. The molecule has 1 N–H and O–H groups in total. The molecule has 1 aromatic rings. The lowest BCUT2D eigenvalue weighted by molar-refractivity contribution is -0.173. The van der Waals surface area contributed by atoms with Gasteiger partial charge in [-0.2, -0.15) is 13.2 Å². The zero-order chi connectivity index (χ0) is 12.9. The third-order valence-electron chi connectivity index (χ3n) is 2.12. The monoisotopic (exact) mass is 247 g/mol. The van der Waals surface area contributed by atoms with Crippen molar-refractivity contribution in [3.8, 4) is 5.75 Å². The van der Waals surface area contributed by atoms with E-state index in [2.05, 4.69) is 0 Å². The summed E-state index contributed by atoms with van der Waals surface area (Å²) in [5.41, 5.74) is 0.827. The van der Waals surface area contributed by atoms with Crippen molar-refractivity contribution in [3.05, 3.63) is 29.8 Å². The Kier molecular flexibility index (Phi) is 4.37. The third-order valence-corrected chi connectivity index (χ3v) is 2.12. The van der Waals surface area contributed by atoms with Crippen LogP contribution in [0.3, 0.4) is 0 Å². The van der Waals surface area contributed by atoms with E-state index in [9.17, 15) is 18.0 Å². The molecule has 1 rings (SSSR count). The summed E-state index contributed by atoms with van der Waals surface area (Å²) < 4.78 is 40.5. The van der Waals surface area contributed by atoms with Crippen molar-refractivity contribution in [3.63, 3.8) is 0 Å². The molecule has 0 heterocycles. The van der Waals surface area contributed by atoms with Crippen LogP contribution in [0, 0.1) is 0 Å². The number of benzene rings is 1. The molecule has 0 unspecified atom stereocenters. The van der Waals surface area contributed by atoms with Crippen molar-refractivity contribution in [1.82, 2.24) is 5.32 Å². The highest BCUT2D eigenvalue weighted by molar-refractivity contribution is 5.81. The lowest BCUT2D eigenvalue weighted by Crippen LogP contribution is -2.37. The minimum absolute atomic E-state index is 0.0509. The van der Waals surface area contributed by atoms with Crippen molar-refractivity contribution in [2.24, 2.45) is 0 Å². The quantitative estimate of drug-likeness (QED) is 0.882. The molecule has 0 saturated carbocycles. The Morgan fingerprint density at radius 2 is 1.88 bits per heavy atom. The van der Waals surface area contributed by atoms with E-state index < -0.39 is 12.1 Å². The number of carbonyl (C=O) groups excluding carboxylic acids is 1. The summed E-state index contributed by atoms with van der Waals surface area (Å²) in [6.45, 7) is -0.0509. The van der Waals surface area contributed by atoms with E-state index in [1.54, 1.807) is 29.6 Å². The minimum Gasteiger partial charge on any atom is -0.497 e. The van der Waals surface area contributed by atoms with Gasteiger partial charge in [-0.3, -0.25) is 4.79 Å². The SMILES string of the molecule is COc1ccc(CCNC(=O)C(F)(F)F)cc1. The van der Waals surface area contributed by atoms with E-state index in [4.69, 9.17) is 4.74 Å². The van der Waals surface area contributed by atoms with E-state index in [0.29, 0.717) is 12.2 Å². The molecule has 0 aliphatic rings. The van der Waals surface area contributed by atoms with Gasteiger partial charge in [-0.15, -0.1) is 0 Å². The average Bonchev–Trinajstić information content (AvgIpc) is 2.28. The van der Waals surface area contributed by atoms with Crippen molar-refractivity contribution >= 4 is 5.91 Å². The van der Waals surface area contributed by atoms with Crippen LogP contribution in [0.25, 0.3) is 0 Å². The number of hydrogen-bond donors (Lipinski definition) is 1. The molecule has 0 spiro atoms. The van der Waals surface area contributed by atoms with Crippen LogP contribution in [-0.4, -0.2) is 25.7 Å². The summed E-state index contributed by atoms with van der Waals surface area (Å²) in [7, 11) is 1.53. The minimum atomic E-state index is -4.82. The van der Waals surface area contributed by atoms with Gasteiger partial charge >= 0.3 is 12.1 Å². The van der Waals surface area contributed by atoms with Gasteiger partial charge in [0, 0.05) is 6.54 Å². The summed E-state index contributed by atoms with van der Waals surface area (Å²) >= 11 is 0. The molecule has 1 aromatic carbocycles. The highest BCUT2D eigenvalue weighted by Crippen LogP contribution is 2.14. The lowest BCUT2D eigenvalue weighted by atomic mass is 10.1. The predicted molar refractivity (Wildman–Crippen MR) is 55.8 cm³/mol. The molecule has 0 radical (unpaired) electrons. The van der Waals surface area contributed by atoms with Gasteiger partial charge in [0.25, 0.3) is 0 Å². The van der Waals surface area contributed by atoms with E-state index in [-0.39, 0.29) is 6.54 Å². The molecular formula is C11H12F3NO2. The molecule has 17 heavy (non-hydrogen) atoms.